The molecule has 0 radical (unpaired) electrons. The maximum atomic E-state index is 13.2. The number of hydrogen-bond acceptors (Lipinski definition) is 5. The molecule has 0 aliphatic heterocycles. The molecule has 6 nitrogen and oxygen atoms in total. The zero-order chi connectivity index (χ0) is 19.6. The lowest BCUT2D eigenvalue weighted by Crippen LogP contribution is -2.17. The van der Waals surface area contributed by atoms with Gasteiger partial charge >= 0.3 is 6.18 Å². The molecule has 27 heavy (non-hydrogen) atoms. The van der Waals surface area contributed by atoms with E-state index in [4.69, 9.17) is 0 Å². The van der Waals surface area contributed by atoms with Crippen LogP contribution in [0.2, 0.25) is 0 Å². The molecule has 142 valence electrons. The average molecular weight is 377 g/mol. The third-order valence-electron chi connectivity index (χ3n) is 4.12. The number of nitrogens with zero attached hydrogens (tertiary/aromatic N) is 4. The number of carbonyl (C=O) groups is 1. The molecule has 9 heteroatoms. The normalized spacial score (nSPS) is 12.9. The predicted octanol–water partition coefficient (Wildman–Crippen LogP) is 3.78. The van der Waals surface area contributed by atoms with Crippen LogP contribution in [0.3, 0.4) is 0 Å². The zero-order valence-electron chi connectivity index (χ0n) is 14.8. The first-order chi connectivity index (χ1) is 12.8. The van der Waals surface area contributed by atoms with Crippen LogP contribution < -0.4 is 5.32 Å². The summed E-state index contributed by atoms with van der Waals surface area (Å²) in [6.45, 7) is 3.78. The minimum atomic E-state index is -4.51. The van der Waals surface area contributed by atoms with Gasteiger partial charge in [-0.3, -0.25) is 9.78 Å². The standard InChI is InChI=1S/C18H18F3N5O/c1-3-11(2)23-16-7-13(18(19,20)21)8-17-24-15(25-26(16)17)9-14(27)12-5-4-6-22-10-12/h4-8,10-11,23H,3,9H2,1-2H3. The molecule has 3 rings (SSSR count). The van der Waals surface area contributed by atoms with Crippen LogP contribution in [0, 0.1) is 0 Å². The van der Waals surface area contributed by atoms with Crippen LogP contribution in [0.15, 0.2) is 36.7 Å². The van der Waals surface area contributed by atoms with Gasteiger partial charge in [0.1, 0.15) is 5.82 Å². The van der Waals surface area contributed by atoms with Crippen molar-refractivity contribution in [2.45, 2.75) is 38.9 Å². The fraction of sp³-hybridized carbons (Fsp3) is 0.333. The van der Waals surface area contributed by atoms with Crippen molar-refractivity contribution in [2.24, 2.45) is 0 Å². The Labute approximate surface area is 153 Å². The van der Waals surface area contributed by atoms with Crippen LogP contribution in [-0.2, 0) is 12.6 Å². The number of Topliss-reactive ketones (excluding diaryl/α,β-unsaturated/α-hetero) is 1. The van der Waals surface area contributed by atoms with Gasteiger partial charge in [0, 0.05) is 24.0 Å². The molecule has 0 spiro atoms. The maximum Gasteiger partial charge on any atom is 0.416 e. The number of ketones is 1. The lowest BCUT2D eigenvalue weighted by Gasteiger charge is -2.16. The third-order valence-corrected chi connectivity index (χ3v) is 4.12. The Morgan fingerprint density at radius 1 is 1.33 bits per heavy atom. The van der Waals surface area contributed by atoms with Crippen molar-refractivity contribution in [1.82, 2.24) is 19.6 Å². The Kier molecular flexibility index (Phi) is 5.11. The SMILES string of the molecule is CCC(C)Nc1cc(C(F)(F)F)cc2nc(CC(=O)c3cccnc3)nn12. The van der Waals surface area contributed by atoms with Gasteiger partial charge in [-0.1, -0.05) is 6.92 Å². The molecule has 3 aromatic heterocycles. The summed E-state index contributed by atoms with van der Waals surface area (Å²) in [5.74, 6) is 0.0728. The highest BCUT2D eigenvalue weighted by atomic mass is 19.4. The largest absolute Gasteiger partial charge is 0.416 e. The van der Waals surface area contributed by atoms with E-state index in [-0.39, 0.29) is 35.5 Å². The molecule has 3 aromatic rings. The van der Waals surface area contributed by atoms with Gasteiger partial charge in [-0.25, -0.2) is 4.98 Å². The van der Waals surface area contributed by atoms with Gasteiger partial charge in [0.25, 0.3) is 0 Å². The highest BCUT2D eigenvalue weighted by Gasteiger charge is 2.32. The van der Waals surface area contributed by atoms with Gasteiger partial charge in [-0.2, -0.15) is 17.7 Å². The highest BCUT2D eigenvalue weighted by Crippen LogP contribution is 2.32. The van der Waals surface area contributed by atoms with Crippen LogP contribution in [0.1, 0.15) is 42.0 Å². The molecule has 0 aliphatic rings. The summed E-state index contributed by atoms with van der Waals surface area (Å²) in [6, 6.07) is 5.12. The monoisotopic (exact) mass is 377 g/mol. The van der Waals surface area contributed by atoms with E-state index < -0.39 is 11.7 Å². The van der Waals surface area contributed by atoms with Crippen molar-refractivity contribution >= 4 is 17.2 Å². The summed E-state index contributed by atoms with van der Waals surface area (Å²) in [7, 11) is 0. The number of carbonyl (C=O) groups excluding carboxylic acids is 1. The lowest BCUT2D eigenvalue weighted by atomic mass is 10.1. The molecular weight excluding hydrogens is 359 g/mol. The zero-order valence-corrected chi connectivity index (χ0v) is 14.8. The van der Waals surface area contributed by atoms with E-state index in [1.807, 2.05) is 13.8 Å². The van der Waals surface area contributed by atoms with Crippen molar-refractivity contribution in [3.8, 4) is 0 Å². The molecule has 1 atom stereocenters. The Morgan fingerprint density at radius 3 is 2.74 bits per heavy atom. The molecule has 0 saturated carbocycles. The number of halogens is 3. The quantitative estimate of drug-likeness (QED) is 0.662. The predicted molar refractivity (Wildman–Crippen MR) is 93.6 cm³/mol. The van der Waals surface area contributed by atoms with Crippen LogP contribution in [0.5, 0.6) is 0 Å². The second-order valence-electron chi connectivity index (χ2n) is 6.22. The number of anilines is 1. The van der Waals surface area contributed by atoms with Gasteiger partial charge in [-0.15, -0.1) is 5.10 Å². The molecule has 0 aliphatic carbocycles. The van der Waals surface area contributed by atoms with Crippen molar-refractivity contribution in [1.29, 1.82) is 0 Å². The summed E-state index contributed by atoms with van der Waals surface area (Å²) in [4.78, 5) is 20.3. The van der Waals surface area contributed by atoms with Gasteiger partial charge in [0.15, 0.2) is 17.3 Å². The molecule has 3 heterocycles. The van der Waals surface area contributed by atoms with Crippen molar-refractivity contribution < 1.29 is 18.0 Å². The number of nitrogens with one attached hydrogen (secondary N) is 1. The van der Waals surface area contributed by atoms with E-state index in [0.717, 1.165) is 18.6 Å². The van der Waals surface area contributed by atoms with E-state index >= 15 is 0 Å². The van der Waals surface area contributed by atoms with Gasteiger partial charge < -0.3 is 5.32 Å². The molecule has 0 saturated heterocycles. The number of hydrogen-bond donors (Lipinski definition) is 1. The number of fused-ring (bicyclic) bond motifs is 1. The first kappa shape index (κ1) is 18.8. The molecule has 0 amide bonds. The van der Waals surface area contributed by atoms with Crippen LogP contribution in [-0.4, -0.2) is 31.4 Å². The van der Waals surface area contributed by atoms with E-state index in [9.17, 15) is 18.0 Å². The van der Waals surface area contributed by atoms with Crippen molar-refractivity contribution in [3.05, 3.63) is 53.6 Å². The van der Waals surface area contributed by atoms with E-state index in [1.165, 1.54) is 10.7 Å². The molecule has 1 unspecified atom stereocenters. The van der Waals surface area contributed by atoms with E-state index in [1.54, 1.807) is 18.3 Å². The van der Waals surface area contributed by atoms with E-state index in [0.29, 0.717) is 5.56 Å². The fourth-order valence-electron chi connectivity index (χ4n) is 2.50. The second-order valence-corrected chi connectivity index (χ2v) is 6.22. The summed E-state index contributed by atoms with van der Waals surface area (Å²) >= 11 is 0. The lowest BCUT2D eigenvalue weighted by molar-refractivity contribution is -0.137. The number of rotatable bonds is 6. The molecule has 1 N–H and O–H groups in total. The number of alkyl halides is 3. The summed E-state index contributed by atoms with van der Waals surface area (Å²) in [5.41, 5.74) is -0.395. The first-order valence-electron chi connectivity index (χ1n) is 8.44. The smallest absolute Gasteiger partial charge is 0.367 e. The summed E-state index contributed by atoms with van der Waals surface area (Å²) < 4.78 is 40.9. The molecule has 0 aromatic carbocycles. The van der Waals surface area contributed by atoms with Gasteiger partial charge in [-0.05, 0) is 37.6 Å². The Balaban J connectivity index is 1.99. The summed E-state index contributed by atoms with van der Waals surface area (Å²) in [6.07, 6.45) is -0.942. The Hall–Kier alpha value is -2.97. The highest BCUT2D eigenvalue weighted by molar-refractivity contribution is 5.96. The Bertz CT molecular complexity index is 953. The van der Waals surface area contributed by atoms with Crippen LogP contribution >= 0.6 is 0 Å². The maximum absolute atomic E-state index is 13.2. The first-order valence-corrected chi connectivity index (χ1v) is 8.44. The second kappa shape index (κ2) is 7.34. The minimum absolute atomic E-state index is 0.0321. The molecule has 0 bridgehead atoms. The fourth-order valence-corrected chi connectivity index (χ4v) is 2.50. The van der Waals surface area contributed by atoms with Crippen molar-refractivity contribution in [2.75, 3.05) is 5.32 Å². The number of aromatic nitrogens is 4. The van der Waals surface area contributed by atoms with Crippen LogP contribution in [0.4, 0.5) is 19.0 Å². The topological polar surface area (TPSA) is 72.2 Å². The van der Waals surface area contributed by atoms with Gasteiger partial charge in [0.05, 0.1) is 12.0 Å². The molecular formula is C18H18F3N5O. The van der Waals surface area contributed by atoms with Crippen LogP contribution in [0.25, 0.3) is 5.65 Å². The average Bonchev–Trinajstić information content (AvgIpc) is 3.04. The van der Waals surface area contributed by atoms with E-state index in [2.05, 4.69) is 20.4 Å². The molecule has 0 fully saturated rings. The number of pyridine rings is 2. The van der Waals surface area contributed by atoms with Gasteiger partial charge in [0.2, 0.25) is 0 Å². The summed E-state index contributed by atoms with van der Waals surface area (Å²) in [5, 5.41) is 7.23. The minimum Gasteiger partial charge on any atom is -0.367 e. The Morgan fingerprint density at radius 2 is 2.11 bits per heavy atom. The van der Waals surface area contributed by atoms with Crippen molar-refractivity contribution in [3.63, 3.8) is 0 Å². The third kappa shape index (κ3) is 4.24.